The molecule has 3 aliphatic rings. The second-order valence-corrected chi connectivity index (χ2v) is 14.1. The molecule has 0 aliphatic carbocycles. The van der Waals surface area contributed by atoms with Crippen molar-refractivity contribution in [2.45, 2.75) is 93.3 Å². The van der Waals surface area contributed by atoms with E-state index in [1.165, 1.54) is 0 Å². The normalized spacial score (nSPS) is 35.1. The van der Waals surface area contributed by atoms with Crippen LogP contribution in [0.1, 0.15) is 60.8 Å². The minimum Gasteiger partial charge on any atom is -0.394 e. The molecule has 3 N–H and O–H groups in total. The molecule has 9 heteroatoms. The van der Waals surface area contributed by atoms with Gasteiger partial charge in [-0.2, -0.15) is 0 Å². The van der Waals surface area contributed by atoms with Gasteiger partial charge in [-0.1, -0.05) is 43.6 Å². The molecule has 3 rings (SSSR count). The van der Waals surface area contributed by atoms with E-state index in [1.54, 1.807) is 23.7 Å². The van der Waals surface area contributed by atoms with E-state index in [2.05, 4.69) is 47.3 Å². The van der Waals surface area contributed by atoms with Gasteiger partial charge in [0.25, 0.3) is 0 Å². The van der Waals surface area contributed by atoms with Gasteiger partial charge in [0.15, 0.2) is 0 Å². The van der Waals surface area contributed by atoms with Crippen LogP contribution in [0.2, 0.25) is 0 Å². The van der Waals surface area contributed by atoms with Gasteiger partial charge in [0, 0.05) is 22.7 Å². The minimum atomic E-state index is -0.721. The summed E-state index contributed by atoms with van der Waals surface area (Å²) >= 11 is 5.36. The number of carbonyl (C=O) groups is 3. The summed E-state index contributed by atoms with van der Waals surface area (Å²) in [7, 11) is 1.59. The number of carbonyl (C=O) groups excluding carboxylic acids is 3. The first-order valence-corrected chi connectivity index (χ1v) is 13.3. The number of hydrogen-bond donors (Lipinski definition) is 3. The maximum atomic E-state index is 13.9. The molecule has 3 heterocycles. The Balaban J connectivity index is 2.04. The van der Waals surface area contributed by atoms with E-state index in [4.69, 9.17) is 0 Å². The highest BCUT2D eigenvalue weighted by Crippen LogP contribution is 2.68. The number of aliphatic hydroxyl groups is 1. The molecule has 0 radical (unpaired) electrons. The first-order chi connectivity index (χ1) is 14.7. The highest BCUT2D eigenvalue weighted by Gasteiger charge is 2.76. The lowest BCUT2D eigenvalue weighted by Gasteiger charge is -2.40. The Bertz CT molecular complexity index is 782. The Labute approximate surface area is 204 Å². The Morgan fingerprint density at radius 2 is 1.91 bits per heavy atom. The zero-order chi connectivity index (χ0) is 24.2. The number of rotatable bonds is 7. The van der Waals surface area contributed by atoms with Gasteiger partial charge in [0.2, 0.25) is 17.7 Å². The molecule has 3 fully saturated rings. The lowest BCUT2D eigenvalue weighted by molar-refractivity contribution is -0.143. The Morgan fingerprint density at radius 3 is 2.41 bits per heavy atom. The molecular formula is C23H38BrN3O4S. The Kier molecular flexibility index (Phi) is 7.07. The summed E-state index contributed by atoms with van der Waals surface area (Å²) in [4.78, 5) is 42.2. The van der Waals surface area contributed by atoms with Crippen LogP contribution >= 0.6 is 27.7 Å². The molecule has 182 valence electrons. The van der Waals surface area contributed by atoms with E-state index in [0.717, 1.165) is 6.42 Å². The van der Waals surface area contributed by atoms with E-state index in [9.17, 15) is 19.5 Å². The Morgan fingerprint density at radius 1 is 1.28 bits per heavy atom. The zero-order valence-electron chi connectivity index (χ0n) is 20.2. The third-order valence-electron chi connectivity index (χ3n) is 7.03. The van der Waals surface area contributed by atoms with E-state index in [1.807, 2.05) is 20.8 Å². The van der Waals surface area contributed by atoms with Gasteiger partial charge in [-0.15, -0.1) is 11.8 Å². The third kappa shape index (κ3) is 4.22. The fraction of sp³-hybridized carbons (Fsp3) is 0.870. The lowest BCUT2D eigenvalue weighted by Crippen LogP contribution is -2.60. The quantitative estimate of drug-likeness (QED) is 0.437. The second kappa shape index (κ2) is 8.77. The van der Waals surface area contributed by atoms with Crippen molar-refractivity contribution in [2.75, 3.05) is 13.7 Å². The average molecular weight is 533 g/mol. The van der Waals surface area contributed by atoms with Crippen LogP contribution in [0.4, 0.5) is 0 Å². The molecule has 0 aromatic carbocycles. The maximum Gasteiger partial charge on any atom is 0.244 e. The van der Waals surface area contributed by atoms with Crippen molar-refractivity contribution in [1.82, 2.24) is 15.5 Å². The summed E-state index contributed by atoms with van der Waals surface area (Å²) < 4.78 is -0.683. The van der Waals surface area contributed by atoms with Crippen LogP contribution in [-0.2, 0) is 14.4 Å². The molecule has 7 nitrogen and oxygen atoms in total. The molecule has 0 aromatic rings. The van der Waals surface area contributed by atoms with Gasteiger partial charge in [-0.3, -0.25) is 14.4 Å². The summed E-state index contributed by atoms with van der Waals surface area (Å²) in [5.41, 5.74) is -0.444. The predicted molar refractivity (Wildman–Crippen MR) is 131 cm³/mol. The fourth-order valence-corrected chi connectivity index (χ4v) is 10.0. The number of nitrogens with one attached hydrogen (secondary N) is 2. The summed E-state index contributed by atoms with van der Waals surface area (Å²) in [6, 6.07) is -1.18. The largest absolute Gasteiger partial charge is 0.394 e. The van der Waals surface area contributed by atoms with Crippen molar-refractivity contribution < 1.29 is 19.5 Å². The predicted octanol–water partition coefficient (Wildman–Crippen LogP) is 2.30. The standard InChI is InChI=1S/C23H38BrN3O4S/c1-8-12(10-28)27-17(19(30)26-22(5,6)11-21(2,3)4)23-9-13(24)16(32-23)14(18(29)25-7)15(23)20(27)31/h12-17,28H,8-11H2,1-7H3,(H,25,29)(H,26,30)/t12-,13?,14-,15-,16-,17?,23?/m0/s1. The van der Waals surface area contributed by atoms with Crippen molar-refractivity contribution in [1.29, 1.82) is 0 Å². The SMILES string of the molecule is CC[C@@H](CO)N1C(=O)[C@@H]2[C@H](C(=O)NC)[C@H]3SC2(CC3Br)C1C(=O)NC(C)(C)CC(C)(C)C. The highest BCUT2D eigenvalue weighted by atomic mass is 79.9. The third-order valence-corrected chi connectivity index (χ3v) is 10.3. The summed E-state index contributed by atoms with van der Waals surface area (Å²) in [6.45, 7) is 12.1. The molecule has 3 aliphatic heterocycles. The molecule has 3 unspecified atom stereocenters. The van der Waals surface area contributed by atoms with E-state index >= 15 is 0 Å². The van der Waals surface area contributed by atoms with E-state index in [-0.39, 0.29) is 39.8 Å². The molecule has 3 amide bonds. The first kappa shape index (κ1) is 25.8. The van der Waals surface area contributed by atoms with Crippen molar-refractivity contribution in [3.05, 3.63) is 0 Å². The number of aliphatic hydroxyl groups excluding tert-OH is 1. The number of amides is 3. The number of thioether (sulfide) groups is 1. The van der Waals surface area contributed by atoms with Gasteiger partial charge in [0.05, 0.1) is 29.2 Å². The van der Waals surface area contributed by atoms with Gasteiger partial charge >= 0.3 is 0 Å². The second-order valence-electron chi connectivity index (χ2n) is 11.4. The topological polar surface area (TPSA) is 98.7 Å². The molecule has 7 atom stereocenters. The van der Waals surface area contributed by atoms with E-state index < -0.39 is 34.2 Å². The van der Waals surface area contributed by atoms with Crippen molar-refractivity contribution in [2.24, 2.45) is 17.3 Å². The minimum absolute atomic E-state index is 0.0195. The number of fused-ring (bicyclic) bond motifs is 1. The number of alkyl halides is 1. The molecule has 1 spiro atoms. The lowest BCUT2D eigenvalue weighted by atomic mass is 9.70. The maximum absolute atomic E-state index is 13.9. The number of nitrogens with zero attached hydrogens (tertiary/aromatic N) is 1. The van der Waals surface area contributed by atoms with Gasteiger partial charge < -0.3 is 20.6 Å². The van der Waals surface area contributed by atoms with Crippen molar-refractivity contribution >= 4 is 45.4 Å². The molecule has 3 saturated heterocycles. The van der Waals surface area contributed by atoms with Crippen molar-refractivity contribution in [3.8, 4) is 0 Å². The Hall–Kier alpha value is -0.800. The van der Waals surface area contributed by atoms with Crippen molar-refractivity contribution in [3.63, 3.8) is 0 Å². The monoisotopic (exact) mass is 531 g/mol. The zero-order valence-corrected chi connectivity index (χ0v) is 22.6. The van der Waals surface area contributed by atoms with Gasteiger partial charge in [-0.25, -0.2) is 0 Å². The smallest absolute Gasteiger partial charge is 0.244 e. The molecule has 0 saturated carbocycles. The molecule has 32 heavy (non-hydrogen) atoms. The number of halogens is 1. The van der Waals surface area contributed by atoms with Crippen LogP contribution in [-0.4, -0.2) is 73.8 Å². The van der Waals surface area contributed by atoms with Crippen LogP contribution in [0.25, 0.3) is 0 Å². The fourth-order valence-electron chi connectivity index (χ4n) is 6.41. The summed E-state index contributed by atoms with van der Waals surface area (Å²) in [6.07, 6.45) is 1.96. The number of hydrogen-bond acceptors (Lipinski definition) is 5. The van der Waals surface area contributed by atoms with Crippen LogP contribution < -0.4 is 10.6 Å². The number of likely N-dealkylation sites (tertiary alicyclic amines) is 1. The average Bonchev–Trinajstić information content (AvgIpc) is 3.24. The van der Waals surface area contributed by atoms with Crippen LogP contribution in [0.3, 0.4) is 0 Å². The summed E-state index contributed by atoms with van der Waals surface area (Å²) in [5.74, 6) is -1.57. The molecular weight excluding hydrogens is 494 g/mol. The summed E-state index contributed by atoms with van der Waals surface area (Å²) in [5, 5.41) is 16.0. The van der Waals surface area contributed by atoms with Crippen LogP contribution in [0.5, 0.6) is 0 Å². The molecule has 2 bridgehead atoms. The highest BCUT2D eigenvalue weighted by molar-refractivity contribution is 9.09. The van der Waals surface area contributed by atoms with E-state index in [0.29, 0.717) is 12.8 Å². The van der Waals surface area contributed by atoms with Crippen LogP contribution in [0, 0.1) is 17.3 Å². The molecule has 0 aromatic heterocycles. The first-order valence-electron chi connectivity index (χ1n) is 11.5. The van der Waals surface area contributed by atoms with Gasteiger partial charge in [0.1, 0.15) is 6.04 Å². The van der Waals surface area contributed by atoms with Crippen LogP contribution in [0.15, 0.2) is 0 Å². The van der Waals surface area contributed by atoms with Gasteiger partial charge in [-0.05, 0) is 38.5 Å².